The number of nitrogens with zero attached hydrogens (tertiary/aromatic N) is 3. The highest BCUT2D eigenvalue weighted by atomic mass is 16.5. The summed E-state index contributed by atoms with van der Waals surface area (Å²) < 4.78 is 16.3. The summed E-state index contributed by atoms with van der Waals surface area (Å²) in [5.41, 5.74) is 1.62. The number of hydrogen-bond acceptors (Lipinski definition) is 6. The second-order valence-electron chi connectivity index (χ2n) is 5.36. The lowest BCUT2D eigenvalue weighted by Crippen LogP contribution is -1.97. The molecule has 2 heterocycles. The van der Waals surface area contributed by atoms with Gasteiger partial charge in [0.1, 0.15) is 17.0 Å². The Morgan fingerprint density at radius 2 is 1.88 bits per heavy atom. The van der Waals surface area contributed by atoms with Crippen LogP contribution in [0.4, 0.5) is 0 Å². The van der Waals surface area contributed by atoms with Crippen LogP contribution in [0.15, 0.2) is 65.3 Å². The van der Waals surface area contributed by atoms with Gasteiger partial charge in [-0.3, -0.25) is 4.98 Å². The van der Waals surface area contributed by atoms with Crippen LogP contribution in [0.1, 0.15) is 5.89 Å². The smallest absolute Gasteiger partial charge is 0.264 e. The van der Waals surface area contributed by atoms with Crippen molar-refractivity contribution in [2.75, 3.05) is 7.11 Å². The summed E-state index contributed by atoms with van der Waals surface area (Å²) in [4.78, 5) is 8.73. The zero-order valence-corrected chi connectivity index (χ0v) is 14.0. The van der Waals surface area contributed by atoms with Crippen LogP contribution in [-0.2, 0) is 6.61 Å². The molecular weight excluding hydrogens is 334 g/mol. The van der Waals surface area contributed by atoms with Crippen molar-refractivity contribution in [3.05, 3.63) is 66.7 Å². The Hall–Kier alpha value is -3.45. The first-order chi connectivity index (χ1) is 12.3. The second-order valence-corrected chi connectivity index (χ2v) is 5.36. The molecule has 132 valence electrons. The van der Waals surface area contributed by atoms with E-state index in [-0.39, 0.29) is 12.1 Å². The SMILES string of the molecule is COc1cccc(-c2noc(COc3cccc4cccnc34)n2)c1.O. The monoisotopic (exact) mass is 351 g/mol. The zero-order valence-electron chi connectivity index (χ0n) is 14.0. The van der Waals surface area contributed by atoms with Gasteiger partial charge in [-0.15, -0.1) is 0 Å². The number of hydrogen-bond donors (Lipinski definition) is 0. The van der Waals surface area contributed by atoms with Gasteiger partial charge in [-0.05, 0) is 24.3 Å². The summed E-state index contributed by atoms with van der Waals surface area (Å²) in [6.07, 6.45) is 1.74. The average Bonchev–Trinajstić information content (AvgIpc) is 3.15. The van der Waals surface area contributed by atoms with Crippen LogP contribution in [0, 0.1) is 0 Å². The van der Waals surface area contributed by atoms with Gasteiger partial charge in [0.15, 0.2) is 6.61 Å². The van der Waals surface area contributed by atoms with Gasteiger partial charge in [0.25, 0.3) is 5.89 Å². The van der Waals surface area contributed by atoms with Crippen LogP contribution in [0.3, 0.4) is 0 Å². The van der Waals surface area contributed by atoms with Crippen molar-refractivity contribution in [1.82, 2.24) is 15.1 Å². The minimum atomic E-state index is 0. The molecule has 2 N–H and O–H groups in total. The first kappa shape index (κ1) is 17.4. The predicted octanol–water partition coefficient (Wildman–Crippen LogP) is 3.05. The molecule has 2 aromatic carbocycles. The van der Waals surface area contributed by atoms with Crippen molar-refractivity contribution in [2.45, 2.75) is 6.61 Å². The topological polar surface area (TPSA) is 102 Å². The van der Waals surface area contributed by atoms with E-state index in [1.807, 2.05) is 54.6 Å². The van der Waals surface area contributed by atoms with Gasteiger partial charge in [-0.1, -0.05) is 35.5 Å². The summed E-state index contributed by atoms with van der Waals surface area (Å²) in [5, 5.41) is 5.02. The molecule has 0 fully saturated rings. The lowest BCUT2D eigenvalue weighted by atomic mass is 10.2. The number of benzene rings is 2. The standard InChI is InChI=1S/C19H15N3O3.H2O/c1-23-15-8-2-6-14(11-15)19-21-17(25-22-19)12-24-16-9-3-5-13-7-4-10-20-18(13)16;/h2-11H,12H2,1H3;1H2. The van der Waals surface area contributed by atoms with Crippen molar-refractivity contribution in [1.29, 1.82) is 0 Å². The van der Waals surface area contributed by atoms with Crippen molar-refractivity contribution < 1.29 is 19.5 Å². The number of rotatable bonds is 5. The summed E-state index contributed by atoms with van der Waals surface area (Å²) in [7, 11) is 1.62. The van der Waals surface area contributed by atoms with E-state index in [4.69, 9.17) is 14.0 Å². The Bertz CT molecular complexity index is 1010. The molecule has 26 heavy (non-hydrogen) atoms. The Morgan fingerprint density at radius 3 is 2.77 bits per heavy atom. The molecule has 0 unspecified atom stereocenters. The van der Waals surface area contributed by atoms with Crippen LogP contribution >= 0.6 is 0 Å². The molecule has 0 aliphatic carbocycles. The normalized spacial score (nSPS) is 10.3. The fourth-order valence-electron chi connectivity index (χ4n) is 2.53. The van der Waals surface area contributed by atoms with Gasteiger partial charge in [0.2, 0.25) is 5.82 Å². The van der Waals surface area contributed by atoms with Gasteiger partial charge >= 0.3 is 0 Å². The van der Waals surface area contributed by atoms with E-state index in [1.54, 1.807) is 13.3 Å². The molecular formula is C19H17N3O4. The molecule has 4 rings (SSSR count). The number of para-hydroxylation sites is 1. The van der Waals surface area contributed by atoms with Gasteiger partial charge in [0.05, 0.1) is 7.11 Å². The molecule has 0 aliphatic rings. The lowest BCUT2D eigenvalue weighted by Gasteiger charge is -2.05. The van der Waals surface area contributed by atoms with Crippen molar-refractivity contribution in [3.63, 3.8) is 0 Å². The minimum absolute atomic E-state index is 0. The molecule has 0 aliphatic heterocycles. The van der Waals surface area contributed by atoms with Crippen LogP contribution in [0.2, 0.25) is 0 Å². The van der Waals surface area contributed by atoms with E-state index < -0.39 is 0 Å². The molecule has 0 amide bonds. The van der Waals surface area contributed by atoms with E-state index in [1.165, 1.54) is 0 Å². The maximum Gasteiger partial charge on any atom is 0.264 e. The maximum atomic E-state index is 5.82. The zero-order chi connectivity index (χ0) is 17.1. The molecule has 0 atom stereocenters. The van der Waals surface area contributed by atoms with E-state index in [0.29, 0.717) is 17.5 Å². The van der Waals surface area contributed by atoms with E-state index >= 15 is 0 Å². The van der Waals surface area contributed by atoms with Crippen molar-refractivity contribution in [2.24, 2.45) is 0 Å². The maximum absolute atomic E-state index is 5.82. The first-order valence-corrected chi connectivity index (χ1v) is 7.77. The molecule has 0 radical (unpaired) electrons. The fourth-order valence-corrected chi connectivity index (χ4v) is 2.53. The first-order valence-electron chi connectivity index (χ1n) is 7.77. The number of fused-ring (bicyclic) bond motifs is 1. The highest BCUT2D eigenvalue weighted by Crippen LogP contribution is 2.25. The molecule has 0 saturated carbocycles. The predicted molar refractivity (Wildman–Crippen MR) is 96.0 cm³/mol. The Balaban J connectivity index is 0.00000196. The third-order valence-corrected chi connectivity index (χ3v) is 3.74. The van der Waals surface area contributed by atoms with Crippen LogP contribution < -0.4 is 9.47 Å². The molecule has 4 aromatic rings. The quantitative estimate of drug-likeness (QED) is 0.547. The third kappa shape index (κ3) is 3.47. The Kier molecular flexibility index (Phi) is 5.09. The van der Waals surface area contributed by atoms with Crippen LogP contribution in [0.25, 0.3) is 22.3 Å². The molecule has 7 nitrogen and oxygen atoms in total. The van der Waals surface area contributed by atoms with Crippen molar-refractivity contribution >= 4 is 10.9 Å². The molecule has 0 spiro atoms. The highest BCUT2D eigenvalue weighted by Gasteiger charge is 2.11. The number of aromatic nitrogens is 3. The average molecular weight is 351 g/mol. The lowest BCUT2D eigenvalue weighted by molar-refractivity contribution is 0.245. The highest BCUT2D eigenvalue weighted by molar-refractivity contribution is 5.84. The van der Waals surface area contributed by atoms with E-state index in [9.17, 15) is 0 Å². The summed E-state index contributed by atoms with van der Waals surface area (Å²) in [6, 6.07) is 17.2. The summed E-state index contributed by atoms with van der Waals surface area (Å²) in [5.74, 6) is 2.31. The van der Waals surface area contributed by atoms with Crippen LogP contribution in [-0.4, -0.2) is 27.7 Å². The molecule has 7 heteroatoms. The third-order valence-electron chi connectivity index (χ3n) is 3.74. The molecule has 0 saturated heterocycles. The number of ether oxygens (including phenoxy) is 2. The Morgan fingerprint density at radius 1 is 1.04 bits per heavy atom. The second kappa shape index (κ2) is 7.62. The number of pyridine rings is 1. The molecule has 0 bridgehead atoms. The summed E-state index contributed by atoms with van der Waals surface area (Å²) >= 11 is 0. The Labute approximate surface area is 149 Å². The number of methoxy groups -OCH3 is 1. The van der Waals surface area contributed by atoms with E-state index in [0.717, 1.165) is 22.2 Å². The largest absolute Gasteiger partial charge is 0.497 e. The van der Waals surface area contributed by atoms with Crippen molar-refractivity contribution in [3.8, 4) is 22.9 Å². The van der Waals surface area contributed by atoms with Gasteiger partial charge in [0, 0.05) is 17.1 Å². The van der Waals surface area contributed by atoms with Gasteiger partial charge < -0.3 is 19.5 Å². The summed E-state index contributed by atoms with van der Waals surface area (Å²) in [6.45, 7) is 0.173. The fraction of sp³-hybridized carbons (Fsp3) is 0.105. The van der Waals surface area contributed by atoms with Crippen LogP contribution in [0.5, 0.6) is 11.5 Å². The van der Waals surface area contributed by atoms with E-state index in [2.05, 4.69) is 15.1 Å². The van der Waals surface area contributed by atoms with Gasteiger partial charge in [-0.2, -0.15) is 4.98 Å². The van der Waals surface area contributed by atoms with Gasteiger partial charge in [-0.25, -0.2) is 0 Å². The molecule has 2 aromatic heterocycles. The minimum Gasteiger partial charge on any atom is -0.497 e.